The van der Waals surface area contributed by atoms with Crippen molar-refractivity contribution in [1.29, 1.82) is 0 Å². The van der Waals surface area contributed by atoms with E-state index in [0.29, 0.717) is 19.7 Å². The van der Waals surface area contributed by atoms with Gasteiger partial charge in [0.2, 0.25) is 0 Å². The molecule has 0 aliphatic heterocycles. The fourth-order valence-corrected chi connectivity index (χ4v) is 1.42. The van der Waals surface area contributed by atoms with E-state index in [4.69, 9.17) is 4.74 Å². The van der Waals surface area contributed by atoms with Crippen LogP contribution in [0.15, 0.2) is 35.3 Å². The lowest BCUT2D eigenvalue weighted by atomic mass is 10.2. The zero-order chi connectivity index (χ0) is 13.1. The molecule has 1 aromatic carbocycles. The summed E-state index contributed by atoms with van der Waals surface area (Å²) >= 11 is 4.45. The van der Waals surface area contributed by atoms with E-state index in [1.54, 1.807) is 0 Å². The third-order valence-electron chi connectivity index (χ3n) is 2.24. The Labute approximate surface area is 112 Å². The van der Waals surface area contributed by atoms with Crippen molar-refractivity contribution in [3.8, 4) is 0 Å². The molecular formula is C13H16N2O2S. The molecule has 0 spiro atoms. The number of rotatable bonds is 7. The van der Waals surface area contributed by atoms with E-state index in [1.165, 1.54) is 0 Å². The SMILES string of the molecule is O=C(NCCCCN=C=S)OCc1ccccc1. The minimum atomic E-state index is -0.391. The number of isothiocyanates is 1. The number of thiocarbonyl (C=S) groups is 1. The molecule has 1 N–H and O–H groups in total. The van der Waals surface area contributed by atoms with Crippen molar-refractivity contribution in [1.82, 2.24) is 5.32 Å². The Morgan fingerprint density at radius 2 is 2.11 bits per heavy atom. The van der Waals surface area contributed by atoms with E-state index in [2.05, 4.69) is 27.7 Å². The van der Waals surface area contributed by atoms with Gasteiger partial charge in [-0.05, 0) is 30.6 Å². The molecule has 4 nitrogen and oxygen atoms in total. The van der Waals surface area contributed by atoms with Crippen LogP contribution in [-0.2, 0) is 11.3 Å². The van der Waals surface area contributed by atoms with Crippen LogP contribution >= 0.6 is 12.2 Å². The molecule has 0 unspecified atom stereocenters. The van der Waals surface area contributed by atoms with E-state index < -0.39 is 6.09 Å². The molecule has 0 saturated heterocycles. The lowest BCUT2D eigenvalue weighted by Gasteiger charge is -2.06. The number of hydrogen-bond donors (Lipinski definition) is 1. The molecule has 0 aliphatic rings. The van der Waals surface area contributed by atoms with Crippen LogP contribution in [0, 0.1) is 0 Å². The van der Waals surface area contributed by atoms with Gasteiger partial charge in [-0.3, -0.25) is 0 Å². The van der Waals surface area contributed by atoms with Crippen molar-refractivity contribution < 1.29 is 9.53 Å². The molecule has 1 rings (SSSR count). The summed E-state index contributed by atoms with van der Waals surface area (Å²) in [5, 5.41) is 4.98. The van der Waals surface area contributed by atoms with E-state index >= 15 is 0 Å². The maximum absolute atomic E-state index is 11.3. The molecule has 0 saturated carbocycles. The van der Waals surface area contributed by atoms with E-state index in [9.17, 15) is 4.79 Å². The van der Waals surface area contributed by atoms with E-state index in [-0.39, 0.29) is 0 Å². The summed E-state index contributed by atoms with van der Waals surface area (Å²) in [5.41, 5.74) is 0.975. The first-order valence-corrected chi connectivity index (χ1v) is 6.22. The summed E-state index contributed by atoms with van der Waals surface area (Å²) in [4.78, 5) is 15.1. The van der Waals surface area contributed by atoms with E-state index in [0.717, 1.165) is 18.4 Å². The standard InChI is InChI=1S/C13H16N2O2S/c16-13(15-9-5-4-8-14-11-18)17-10-12-6-2-1-3-7-12/h1-3,6-7H,4-5,8-10H2,(H,15,16). The topological polar surface area (TPSA) is 50.7 Å². The van der Waals surface area contributed by atoms with Crippen LogP contribution in [0.1, 0.15) is 18.4 Å². The molecule has 1 amide bonds. The molecule has 0 aliphatic carbocycles. The molecule has 0 aromatic heterocycles. The molecule has 0 bridgehead atoms. The Hall–Kier alpha value is -1.71. The highest BCUT2D eigenvalue weighted by Crippen LogP contribution is 2.00. The second-order valence-corrected chi connectivity index (χ2v) is 3.85. The number of hydrogen-bond acceptors (Lipinski definition) is 4. The number of unbranched alkanes of at least 4 members (excludes halogenated alkanes) is 1. The number of benzene rings is 1. The number of nitrogens with one attached hydrogen (secondary N) is 1. The van der Waals surface area contributed by atoms with Crippen molar-refractivity contribution in [2.24, 2.45) is 4.99 Å². The molecular weight excluding hydrogens is 248 g/mol. The smallest absolute Gasteiger partial charge is 0.407 e. The first-order chi connectivity index (χ1) is 8.83. The Bertz CT molecular complexity index is 403. The summed E-state index contributed by atoms with van der Waals surface area (Å²) in [6.07, 6.45) is 1.33. The molecule has 0 atom stereocenters. The third-order valence-corrected chi connectivity index (χ3v) is 2.37. The van der Waals surface area contributed by atoms with Gasteiger partial charge in [0, 0.05) is 13.1 Å². The summed E-state index contributed by atoms with van der Waals surface area (Å²) < 4.78 is 5.05. The minimum Gasteiger partial charge on any atom is -0.445 e. The number of ether oxygens (including phenoxy) is 1. The maximum Gasteiger partial charge on any atom is 0.407 e. The van der Waals surface area contributed by atoms with Crippen LogP contribution in [0.3, 0.4) is 0 Å². The molecule has 0 heterocycles. The van der Waals surface area contributed by atoms with Crippen LogP contribution in [0.2, 0.25) is 0 Å². The Kier molecular flexibility index (Phi) is 7.44. The third kappa shape index (κ3) is 6.78. The highest BCUT2D eigenvalue weighted by atomic mass is 32.1. The van der Waals surface area contributed by atoms with Crippen LogP contribution < -0.4 is 5.32 Å². The molecule has 0 fully saturated rings. The Balaban J connectivity index is 2.05. The fourth-order valence-electron chi connectivity index (χ4n) is 1.33. The maximum atomic E-state index is 11.3. The highest BCUT2D eigenvalue weighted by Gasteiger charge is 2.00. The van der Waals surface area contributed by atoms with Gasteiger partial charge >= 0.3 is 6.09 Å². The lowest BCUT2D eigenvalue weighted by Crippen LogP contribution is -2.25. The van der Waals surface area contributed by atoms with Crippen LogP contribution in [0.25, 0.3) is 0 Å². The van der Waals surface area contributed by atoms with E-state index in [1.807, 2.05) is 30.3 Å². The quantitative estimate of drug-likeness (QED) is 0.468. The zero-order valence-electron chi connectivity index (χ0n) is 10.1. The Morgan fingerprint density at radius 1 is 1.33 bits per heavy atom. The van der Waals surface area contributed by atoms with Gasteiger partial charge in [-0.2, -0.15) is 0 Å². The fraction of sp³-hybridized carbons (Fsp3) is 0.385. The van der Waals surface area contributed by atoms with Gasteiger partial charge in [-0.15, -0.1) is 0 Å². The molecule has 96 valence electrons. The minimum absolute atomic E-state index is 0.294. The average molecular weight is 264 g/mol. The van der Waals surface area contributed by atoms with Crippen LogP contribution in [-0.4, -0.2) is 24.3 Å². The Morgan fingerprint density at radius 3 is 2.83 bits per heavy atom. The zero-order valence-corrected chi connectivity index (χ0v) is 10.9. The van der Waals surface area contributed by atoms with Gasteiger partial charge < -0.3 is 10.1 Å². The predicted molar refractivity (Wildman–Crippen MR) is 73.8 cm³/mol. The number of aliphatic imine (C=N–C) groups is 1. The summed E-state index contributed by atoms with van der Waals surface area (Å²) in [6.45, 7) is 1.53. The van der Waals surface area contributed by atoms with Crippen molar-refractivity contribution in [3.05, 3.63) is 35.9 Å². The average Bonchev–Trinajstić information content (AvgIpc) is 2.41. The van der Waals surface area contributed by atoms with Gasteiger partial charge in [0.05, 0.1) is 5.16 Å². The van der Waals surface area contributed by atoms with Crippen LogP contribution in [0.4, 0.5) is 4.79 Å². The van der Waals surface area contributed by atoms with Crippen LogP contribution in [0.5, 0.6) is 0 Å². The summed E-state index contributed by atoms with van der Waals surface area (Å²) in [6, 6.07) is 9.57. The normalized spacial score (nSPS) is 9.33. The number of nitrogens with zero attached hydrogens (tertiary/aromatic N) is 1. The predicted octanol–water partition coefficient (Wildman–Crippen LogP) is 2.80. The van der Waals surface area contributed by atoms with Crippen molar-refractivity contribution in [2.75, 3.05) is 13.1 Å². The lowest BCUT2D eigenvalue weighted by molar-refractivity contribution is 0.139. The van der Waals surface area contributed by atoms with Crippen molar-refractivity contribution in [2.45, 2.75) is 19.4 Å². The second kappa shape index (κ2) is 9.33. The number of carbonyl (C=O) groups is 1. The first kappa shape index (κ1) is 14.4. The number of carbonyl (C=O) groups excluding carboxylic acids is 1. The molecule has 0 radical (unpaired) electrons. The monoisotopic (exact) mass is 264 g/mol. The van der Waals surface area contributed by atoms with Gasteiger partial charge in [-0.1, -0.05) is 30.3 Å². The number of amides is 1. The molecule has 18 heavy (non-hydrogen) atoms. The van der Waals surface area contributed by atoms with Gasteiger partial charge in [-0.25, -0.2) is 9.79 Å². The first-order valence-electron chi connectivity index (χ1n) is 5.81. The summed E-state index contributed by atoms with van der Waals surface area (Å²) in [7, 11) is 0. The van der Waals surface area contributed by atoms with Gasteiger partial charge in [0.25, 0.3) is 0 Å². The second-order valence-electron chi connectivity index (χ2n) is 3.67. The number of alkyl carbamates (subject to hydrolysis) is 1. The van der Waals surface area contributed by atoms with Crippen molar-refractivity contribution in [3.63, 3.8) is 0 Å². The highest BCUT2D eigenvalue weighted by molar-refractivity contribution is 7.78. The summed E-state index contributed by atoms with van der Waals surface area (Å²) in [5.74, 6) is 0. The molecule has 1 aromatic rings. The van der Waals surface area contributed by atoms with Crippen molar-refractivity contribution >= 4 is 23.5 Å². The largest absolute Gasteiger partial charge is 0.445 e. The van der Waals surface area contributed by atoms with Gasteiger partial charge in [0.15, 0.2) is 0 Å². The van der Waals surface area contributed by atoms with Gasteiger partial charge in [0.1, 0.15) is 6.61 Å². The molecule has 5 heteroatoms.